The number of carbonyl (C=O) groups excluding carboxylic acids is 1. The fourth-order valence-electron chi connectivity index (χ4n) is 5.33. The summed E-state index contributed by atoms with van der Waals surface area (Å²) in [6, 6.07) is 11.1. The van der Waals surface area contributed by atoms with Crippen molar-refractivity contribution in [2.45, 2.75) is 88.4 Å². The maximum absolute atomic E-state index is 13.8. The standard InChI is InChI=1S/C30H43F2N3O4/c1-29(2,3)21-6-5-7-22(17-21)30(11-8-25(9-12-30)35-39-4)33-19-27(37)26(34-28(38)10-13-36)16-20-14-23(31)18-24(32)15-20/h5-7,14-15,17-18,25-27,33,35-37H,8-13,16,19H2,1-4H3,(H,34,38). The van der Waals surface area contributed by atoms with Gasteiger partial charge in [0.1, 0.15) is 11.6 Å². The minimum atomic E-state index is -1.06. The van der Waals surface area contributed by atoms with E-state index in [9.17, 15) is 23.8 Å². The van der Waals surface area contributed by atoms with E-state index in [0.29, 0.717) is 5.56 Å². The van der Waals surface area contributed by atoms with Gasteiger partial charge in [-0.05, 0) is 66.3 Å². The summed E-state index contributed by atoms with van der Waals surface area (Å²) in [7, 11) is 1.61. The van der Waals surface area contributed by atoms with Crippen LogP contribution < -0.4 is 16.1 Å². The summed E-state index contributed by atoms with van der Waals surface area (Å²) in [5, 5.41) is 26.8. The van der Waals surface area contributed by atoms with E-state index in [1.54, 1.807) is 7.11 Å². The van der Waals surface area contributed by atoms with Gasteiger partial charge >= 0.3 is 0 Å². The first kappa shape index (κ1) is 31.1. The second kappa shape index (κ2) is 13.8. The topological polar surface area (TPSA) is 103 Å². The van der Waals surface area contributed by atoms with Crippen molar-refractivity contribution in [2.75, 3.05) is 20.3 Å². The van der Waals surface area contributed by atoms with Crippen molar-refractivity contribution in [1.29, 1.82) is 0 Å². The molecule has 0 heterocycles. The number of rotatable bonds is 12. The van der Waals surface area contributed by atoms with Crippen LogP contribution in [-0.2, 0) is 27.0 Å². The molecular formula is C30H43F2N3O4. The highest BCUT2D eigenvalue weighted by atomic mass is 19.1. The average Bonchev–Trinajstić information content (AvgIpc) is 2.87. The third kappa shape index (κ3) is 8.78. The largest absolute Gasteiger partial charge is 0.396 e. The predicted molar refractivity (Wildman–Crippen MR) is 147 cm³/mol. The van der Waals surface area contributed by atoms with E-state index < -0.39 is 35.2 Å². The van der Waals surface area contributed by atoms with E-state index in [0.717, 1.165) is 37.3 Å². The molecule has 9 heteroatoms. The van der Waals surface area contributed by atoms with Crippen LogP contribution in [0.5, 0.6) is 0 Å². The number of hydrogen-bond acceptors (Lipinski definition) is 6. The number of halogens is 2. The van der Waals surface area contributed by atoms with Crippen molar-refractivity contribution in [3.05, 3.63) is 70.8 Å². The lowest BCUT2D eigenvalue weighted by Crippen LogP contribution is -2.54. The third-order valence-electron chi connectivity index (χ3n) is 7.58. The lowest BCUT2D eigenvalue weighted by molar-refractivity contribution is -0.123. The van der Waals surface area contributed by atoms with Crippen molar-refractivity contribution < 1.29 is 28.6 Å². The number of amides is 1. The van der Waals surface area contributed by atoms with E-state index in [2.05, 4.69) is 61.2 Å². The Morgan fingerprint density at radius 1 is 1.13 bits per heavy atom. The van der Waals surface area contributed by atoms with E-state index in [1.807, 2.05) is 0 Å². The first-order chi connectivity index (χ1) is 18.5. The number of aliphatic hydroxyl groups excluding tert-OH is 2. The number of carbonyl (C=O) groups is 1. The number of nitrogens with one attached hydrogen (secondary N) is 3. The Kier molecular flexibility index (Phi) is 11.0. The molecule has 3 rings (SSSR count). The minimum absolute atomic E-state index is 0.0288. The molecule has 5 N–H and O–H groups in total. The van der Waals surface area contributed by atoms with Gasteiger partial charge in [-0.2, -0.15) is 5.48 Å². The summed E-state index contributed by atoms with van der Waals surface area (Å²) >= 11 is 0. The normalized spacial score (nSPS) is 21.4. The van der Waals surface area contributed by atoms with Gasteiger partial charge in [-0.15, -0.1) is 0 Å². The molecule has 0 spiro atoms. The Bertz CT molecular complexity index is 1060. The van der Waals surface area contributed by atoms with Crippen LogP contribution in [0.3, 0.4) is 0 Å². The molecule has 2 aromatic carbocycles. The second-order valence-corrected chi connectivity index (χ2v) is 11.6. The molecule has 39 heavy (non-hydrogen) atoms. The van der Waals surface area contributed by atoms with Gasteiger partial charge in [-0.1, -0.05) is 45.0 Å². The summed E-state index contributed by atoms with van der Waals surface area (Å²) in [6.07, 6.45) is 2.14. The molecule has 0 bridgehead atoms. The van der Waals surface area contributed by atoms with Crippen molar-refractivity contribution in [3.63, 3.8) is 0 Å². The quantitative estimate of drug-likeness (QED) is 0.260. The highest BCUT2D eigenvalue weighted by Crippen LogP contribution is 2.39. The van der Waals surface area contributed by atoms with E-state index in [1.165, 1.54) is 17.7 Å². The molecule has 2 aromatic rings. The van der Waals surface area contributed by atoms with Gasteiger partial charge in [0.15, 0.2) is 0 Å². The van der Waals surface area contributed by atoms with Crippen LogP contribution in [-0.4, -0.2) is 54.6 Å². The Balaban J connectivity index is 1.85. The Hall–Kier alpha value is -2.43. The molecule has 0 aromatic heterocycles. The second-order valence-electron chi connectivity index (χ2n) is 11.6. The molecule has 1 fully saturated rings. The van der Waals surface area contributed by atoms with Crippen LogP contribution in [0.15, 0.2) is 42.5 Å². The third-order valence-corrected chi connectivity index (χ3v) is 7.58. The molecule has 0 radical (unpaired) electrons. The van der Waals surface area contributed by atoms with E-state index in [4.69, 9.17) is 4.84 Å². The van der Waals surface area contributed by atoms with Crippen LogP contribution in [0, 0.1) is 11.6 Å². The first-order valence-corrected chi connectivity index (χ1v) is 13.6. The summed E-state index contributed by atoms with van der Waals surface area (Å²) < 4.78 is 27.7. The lowest BCUT2D eigenvalue weighted by Gasteiger charge is -2.43. The summed E-state index contributed by atoms with van der Waals surface area (Å²) in [5.41, 5.74) is 5.26. The molecular weight excluding hydrogens is 504 g/mol. The van der Waals surface area contributed by atoms with Crippen molar-refractivity contribution >= 4 is 5.91 Å². The lowest BCUT2D eigenvalue weighted by atomic mass is 9.73. The summed E-state index contributed by atoms with van der Waals surface area (Å²) in [4.78, 5) is 17.5. The Morgan fingerprint density at radius 2 is 1.79 bits per heavy atom. The number of hydrogen-bond donors (Lipinski definition) is 5. The molecule has 0 aliphatic heterocycles. The predicted octanol–water partition coefficient (Wildman–Crippen LogP) is 3.61. The van der Waals surface area contributed by atoms with E-state index in [-0.39, 0.29) is 37.5 Å². The van der Waals surface area contributed by atoms with Crippen LogP contribution in [0.1, 0.15) is 69.6 Å². The van der Waals surface area contributed by atoms with Crippen molar-refractivity contribution in [3.8, 4) is 0 Å². The highest BCUT2D eigenvalue weighted by molar-refractivity contribution is 5.76. The van der Waals surface area contributed by atoms with Crippen molar-refractivity contribution in [1.82, 2.24) is 16.1 Å². The van der Waals surface area contributed by atoms with Gasteiger partial charge in [0.25, 0.3) is 0 Å². The van der Waals surface area contributed by atoms with E-state index >= 15 is 0 Å². The minimum Gasteiger partial charge on any atom is -0.396 e. The summed E-state index contributed by atoms with van der Waals surface area (Å²) in [6.45, 7) is 6.31. The first-order valence-electron chi connectivity index (χ1n) is 13.6. The summed E-state index contributed by atoms with van der Waals surface area (Å²) in [5.74, 6) is -1.90. The number of hydroxylamine groups is 1. The maximum Gasteiger partial charge on any atom is 0.222 e. The van der Waals surface area contributed by atoms with Gasteiger partial charge in [0, 0.05) is 30.6 Å². The van der Waals surface area contributed by atoms with Gasteiger partial charge in [0.05, 0.1) is 25.9 Å². The fourth-order valence-corrected chi connectivity index (χ4v) is 5.33. The monoisotopic (exact) mass is 547 g/mol. The fraction of sp³-hybridized carbons (Fsp3) is 0.567. The van der Waals surface area contributed by atoms with Crippen molar-refractivity contribution in [2.24, 2.45) is 0 Å². The molecule has 2 atom stereocenters. The molecule has 2 unspecified atom stereocenters. The van der Waals surface area contributed by atoms with Gasteiger partial charge in [-0.3, -0.25) is 4.79 Å². The van der Waals surface area contributed by atoms with Gasteiger partial charge in [0.2, 0.25) is 5.91 Å². The molecule has 7 nitrogen and oxygen atoms in total. The van der Waals surface area contributed by atoms with Gasteiger partial charge in [-0.25, -0.2) is 8.78 Å². The SMILES string of the molecule is CONC1CCC(NCC(O)C(Cc2cc(F)cc(F)c2)NC(=O)CCO)(c2cccc(C(C)(C)C)c2)CC1. The van der Waals surface area contributed by atoms with Gasteiger partial charge < -0.3 is 25.7 Å². The van der Waals surface area contributed by atoms with Crippen LogP contribution in [0.25, 0.3) is 0 Å². The average molecular weight is 548 g/mol. The number of benzene rings is 2. The smallest absolute Gasteiger partial charge is 0.222 e. The highest BCUT2D eigenvalue weighted by Gasteiger charge is 2.38. The zero-order valence-corrected chi connectivity index (χ0v) is 23.4. The molecule has 1 aliphatic rings. The molecule has 1 saturated carbocycles. The molecule has 0 saturated heterocycles. The zero-order valence-electron chi connectivity index (χ0n) is 23.4. The van der Waals surface area contributed by atoms with Crippen LogP contribution in [0.2, 0.25) is 0 Å². The molecule has 216 valence electrons. The Morgan fingerprint density at radius 3 is 2.38 bits per heavy atom. The maximum atomic E-state index is 13.8. The zero-order chi connectivity index (χ0) is 28.6. The van der Waals surface area contributed by atoms with Crippen LogP contribution in [0.4, 0.5) is 8.78 Å². The molecule has 1 amide bonds. The molecule has 1 aliphatic carbocycles. The Labute approximate surface area is 230 Å². The number of aliphatic hydroxyl groups is 2. The van der Waals surface area contributed by atoms with Crippen LogP contribution >= 0.6 is 0 Å².